The molecule has 3 rings (SSSR count). The van der Waals surface area contributed by atoms with Crippen LogP contribution in [0, 0.1) is 5.92 Å². The van der Waals surface area contributed by atoms with Crippen LogP contribution in [0.5, 0.6) is 0 Å². The lowest BCUT2D eigenvalue weighted by Gasteiger charge is -2.40. The zero-order valence-electron chi connectivity index (χ0n) is 11.4. The average molecular weight is 262 g/mol. The van der Waals surface area contributed by atoms with Gasteiger partial charge in [0.25, 0.3) is 0 Å². The van der Waals surface area contributed by atoms with Gasteiger partial charge < -0.3 is 5.32 Å². The number of hydrogen-bond acceptors (Lipinski definition) is 2. The second-order valence-electron chi connectivity index (χ2n) is 5.88. The molecule has 0 bridgehead atoms. The molecule has 1 aliphatic carbocycles. The van der Waals surface area contributed by atoms with Crippen LogP contribution in [0.25, 0.3) is 0 Å². The Hall–Kier alpha value is -0.930. The summed E-state index contributed by atoms with van der Waals surface area (Å²) in [7, 11) is 0. The molecule has 19 heavy (non-hydrogen) atoms. The molecule has 2 aliphatic rings. The topological polar surface area (TPSA) is 15.3 Å². The standard InChI is InChI=1S/C16H23FN2/c17-8-9-19-12-15(10-13-4-2-1-3-5-13)18-11-16(19)14-6-7-14/h1-5,14-16,18H,6-12H2. The molecule has 0 radical (unpaired) electrons. The van der Waals surface area contributed by atoms with Gasteiger partial charge in [0.2, 0.25) is 0 Å². The molecular weight excluding hydrogens is 239 g/mol. The number of piperazine rings is 1. The summed E-state index contributed by atoms with van der Waals surface area (Å²) in [6, 6.07) is 11.6. The maximum absolute atomic E-state index is 12.7. The molecule has 1 aromatic rings. The maximum Gasteiger partial charge on any atom is 0.102 e. The van der Waals surface area contributed by atoms with Gasteiger partial charge in [-0.1, -0.05) is 30.3 Å². The largest absolute Gasteiger partial charge is 0.311 e. The van der Waals surface area contributed by atoms with Gasteiger partial charge >= 0.3 is 0 Å². The Balaban J connectivity index is 1.59. The lowest BCUT2D eigenvalue weighted by atomic mass is 10.00. The zero-order chi connectivity index (χ0) is 13.1. The van der Waals surface area contributed by atoms with Gasteiger partial charge in [-0.2, -0.15) is 0 Å². The van der Waals surface area contributed by atoms with E-state index < -0.39 is 0 Å². The summed E-state index contributed by atoms with van der Waals surface area (Å²) in [5.74, 6) is 0.816. The molecule has 1 aliphatic heterocycles. The smallest absolute Gasteiger partial charge is 0.102 e. The molecule has 2 unspecified atom stereocenters. The first-order valence-corrected chi connectivity index (χ1v) is 7.44. The van der Waals surface area contributed by atoms with Gasteiger partial charge in [0.05, 0.1) is 0 Å². The molecule has 0 amide bonds. The SMILES string of the molecule is FCCN1CC(Cc2ccccc2)NCC1C1CC1. The molecule has 0 spiro atoms. The summed E-state index contributed by atoms with van der Waals surface area (Å²) in [6.45, 7) is 2.40. The molecule has 2 nitrogen and oxygen atoms in total. The van der Waals surface area contributed by atoms with E-state index in [1.54, 1.807) is 0 Å². The third-order valence-electron chi connectivity index (χ3n) is 4.40. The minimum absolute atomic E-state index is 0.221. The Bertz CT molecular complexity index is 391. The third-order valence-corrected chi connectivity index (χ3v) is 4.40. The van der Waals surface area contributed by atoms with Crippen LogP contribution < -0.4 is 5.32 Å². The van der Waals surface area contributed by atoms with Crippen LogP contribution in [-0.2, 0) is 6.42 Å². The first-order chi connectivity index (χ1) is 9.36. The molecule has 0 aromatic heterocycles. The minimum atomic E-state index is -0.221. The van der Waals surface area contributed by atoms with Crippen molar-refractivity contribution in [2.45, 2.75) is 31.3 Å². The van der Waals surface area contributed by atoms with E-state index in [1.165, 1.54) is 18.4 Å². The number of rotatable bonds is 5. The second kappa shape index (κ2) is 6.02. The number of benzene rings is 1. The lowest BCUT2D eigenvalue weighted by molar-refractivity contribution is 0.107. The number of halogens is 1. The molecule has 1 N–H and O–H groups in total. The highest BCUT2D eigenvalue weighted by Crippen LogP contribution is 2.36. The Labute approximate surface area is 115 Å². The summed E-state index contributed by atoms with van der Waals surface area (Å²) in [4.78, 5) is 2.38. The summed E-state index contributed by atoms with van der Waals surface area (Å²) < 4.78 is 12.7. The molecule has 1 aromatic carbocycles. The van der Waals surface area contributed by atoms with E-state index in [2.05, 4.69) is 40.5 Å². The second-order valence-corrected chi connectivity index (χ2v) is 5.88. The number of nitrogens with one attached hydrogen (secondary N) is 1. The zero-order valence-corrected chi connectivity index (χ0v) is 11.4. The molecule has 1 saturated heterocycles. The minimum Gasteiger partial charge on any atom is -0.311 e. The van der Waals surface area contributed by atoms with Crippen molar-refractivity contribution in [3.05, 3.63) is 35.9 Å². The van der Waals surface area contributed by atoms with Crippen LogP contribution in [0.1, 0.15) is 18.4 Å². The van der Waals surface area contributed by atoms with E-state index in [0.29, 0.717) is 18.6 Å². The molecular formula is C16H23FN2. The third kappa shape index (κ3) is 3.34. The Morgan fingerprint density at radius 3 is 2.68 bits per heavy atom. The van der Waals surface area contributed by atoms with Gasteiger partial charge in [-0.25, -0.2) is 4.39 Å². The van der Waals surface area contributed by atoms with Crippen molar-refractivity contribution in [1.29, 1.82) is 0 Å². The van der Waals surface area contributed by atoms with Crippen LogP contribution in [0.3, 0.4) is 0 Å². The number of hydrogen-bond donors (Lipinski definition) is 1. The fourth-order valence-electron chi connectivity index (χ4n) is 3.25. The monoisotopic (exact) mass is 262 g/mol. The predicted octanol–water partition coefficient (Wildman–Crippen LogP) is 2.25. The van der Waals surface area contributed by atoms with Gasteiger partial charge in [0, 0.05) is 31.7 Å². The molecule has 2 fully saturated rings. The molecule has 104 valence electrons. The van der Waals surface area contributed by atoms with Crippen molar-refractivity contribution in [2.75, 3.05) is 26.3 Å². The Kier molecular flexibility index (Phi) is 4.14. The summed E-state index contributed by atoms with van der Waals surface area (Å²) in [5.41, 5.74) is 1.37. The van der Waals surface area contributed by atoms with E-state index in [1.807, 2.05) is 0 Å². The Morgan fingerprint density at radius 1 is 1.21 bits per heavy atom. The van der Waals surface area contributed by atoms with Crippen molar-refractivity contribution in [1.82, 2.24) is 10.2 Å². The lowest BCUT2D eigenvalue weighted by Crippen LogP contribution is -2.58. The summed E-state index contributed by atoms with van der Waals surface area (Å²) >= 11 is 0. The fourth-order valence-corrected chi connectivity index (χ4v) is 3.25. The van der Waals surface area contributed by atoms with Crippen molar-refractivity contribution >= 4 is 0 Å². The van der Waals surface area contributed by atoms with Gasteiger partial charge in [0.1, 0.15) is 6.67 Å². The predicted molar refractivity (Wildman–Crippen MR) is 76.0 cm³/mol. The molecule has 1 saturated carbocycles. The van der Waals surface area contributed by atoms with Gasteiger partial charge in [-0.3, -0.25) is 4.90 Å². The quantitative estimate of drug-likeness (QED) is 0.875. The summed E-state index contributed by atoms with van der Waals surface area (Å²) in [5, 5.41) is 3.66. The van der Waals surface area contributed by atoms with Crippen molar-refractivity contribution in [3.63, 3.8) is 0 Å². The fraction of sp³-hybridized carbons (Fsp3) is 0.625. The highest BCUT2D eigenvalue weighted by atomic mass is 19.1. The highest BCUT2D eigenvalue weighted by Gasteiger charge is 2.38. The van der Waals surface area contributed by atoms with Crippen LogP contribution in [0.15, 0.2) is 30.3 Å². The average Bonchev–Trinajstić information content (AvgIpc) is 3.25. The van der Waals surface area contributed by atoms with Crippen molar-refractivity contribution in [3.8, 4) is 0 Å². The van der Waals surface area contributed by atoms with Gasteiger partial charge in [-0.05, 0) is 30.7 Å². The maximum atomic E-state index is 12.7. The van der Waals surface area contributed by atoms with Crippen LogP contribution >= 0.6 is 0 Å². The highest BCUT2D eigenvalue weighted by molar-refractivity contribution is 5.16. The number of nitrogens with zero attached hydrogens (tertiary/aromatic N) is 1. The van der Waals surface area contributed by atoms with Gasteiger partial charge in [-0.15, -0.1) is 0 Å². The van der Waals surface area contributed by atoms with Crippen LogP contribution in [-0.4, -0.2) is 43.3 Å². The van der Waals surface area contributed by atoms with E-state index in [0.717, 1.165) is 25.4 Å². The van der Waals surface area contributed by atoms with E-state index >= 15 is 0 Å². The first kappa shape index (κ1) is 13.1. The van der Waals surface area contributed by atoms with Crippen LogP contribution in [0.4, 0.5) is 4.39 Å². The van der Waals surface area contributed by atoms with Gasteiger partial charge in [0.15, 0.2) is 0 Å². The normalized spacial score (nSPS) is 28.5. The number of alkyl halides is 1. The summed E-state index contributed by atoms with van der Waals surface area (Å²) in [6.07, 6.45) is 3.71. The Morgan fingerprint density at radius 2 is 2.00 bits per heavy atom. The van der Waals surface area contributed by atoms with Crippen molar-refractivity contribution in [2.24, 2.45) is 5.92 Å². The molecule has 1 heterocycles. The molecule has 3 heteroatoms. The van der Waals surface area contributed by atoms with E-state index in [4.69, 9.17) is 0 Å². The van der Waals surface area contributed by atoms with E-state index in [9.17, 15) is 4.39 Å². The van der Waals surface area contributed by atoms with Crippen molar-refractivity contribution < 1.29 is 4.39 Å². The van der Waals surface area contributed by atoms with E-state index in [-0.39, 0.29) is 6.67 Å². The van der Waals surface area contributed by atoms with Crippen LogP contribution in [0.2, 0.25) is 0 Å². The first-order valence-electron chi connectivity index (χ1n) is 7.44. The molecule has 2 atom stereocenters.